The van der Waals surface area contributed by atoms with Crippen LogP contribution in [0.1, 0.15) is 52.4 Å². The molecule has 2 fully saturated rings. The fraction of sp³-hybridized carbons (Fsp3) is 1.00. The third kappa shape index (κ3) is 2.78. The summed E-state index contributed by atoms with van der Waals surface area (Å²) >= 11 is 0. The Morgan fingerprint density at radius 3 is 2.81 bits per heavy atom. The van der Waals surface area contributed by atoms with E-state index in [1.165, 1.54) is 45.2 Å². The number of nitrogens with zero attached hydrogens (tertiary/aromatic N) is 1. The van der Waals surface area contributed by atoms with Crippen LogP contribution in [0.3, 0.4) is 0 Å². The van der Waals surface area contributed by atoms with E-state index in [9.17, 15) is 5.11 Å². The highest BCUT2D eigenvalue weighted by Crippen LogP contribution is 2.32. The summed E-state index contributed by atoms with van der Waals surface area (Å²) in [7, 11) is 0. The molecule has 2 nitrogen and oxygen atoms in total. The smallest absolute Gasteiger partial charge is 0.0695 e. The van der Waals surface area contributed by atoms with Crippen molar-refractivity contribution in [2.24, 2.45) is 11.8 Å². The lowest BCUT2D eigenvalue weighted by Crippen LogP contribution is -2.46. The summed E-state index contributed by atoms with van der Waals surface area (Å²) in [6, 6.07) is 0.464. The van der Waals surface area contributed by atoms with Gasteiger partial charge in [0.15, 0.2) is 0 Å². The summed E-state index contributed by atoms with van der Waals surface area (Å²) < 4.78 is 0. The van der Waals surface area contributed by atoms with Gasteiger partial charge in [-0.1, -0.05) is 20.3 Å². The molecule has 0 radical (unpaired) electrons. The standard InChI is InChI=1S/C14H27NO/c1-3-4-12-7-8-15(10-12)13-9-11(2)5-6-14(13)16/h11-14,16H,3-10H2,1-2H3. The second-order valence-corrected chi connectivity index (χ2v) is 5.99. The van der Waals surface area contributed by atoms with Crippen molar-refractivity contribution in [3.63, 3.8) is 0 Å². The normalized spacial score (nSPS) is 41.4. The number of hydrogen-bond acceptors (Lipinski definition) is 2. The van der Waals surface area contributed by atoms with Crippen LogP contribution in [-0.2, 0) is 0 Å². The maximum absolute atomic E-state index is 10.1. The molecule has 0 spiro atoms. The van der Waals surface area contributed by atoms with Crippen LogP contribution in [0.25, 0.3) is 0 Å². The van der Waals surface area contributed by atoms with E-state index in [1.807, 2.05) is 0 Å². The SMILES string of the molecule is CCCC1CCN(C2CC(C)CCC2O)C1. The second kappa shape index (κ2) is 5.50. The zero-order chi connectivity index (χ0) is 11.5. The molecule has 16 heavy (non-hydrogen) atoms. The third-order valence-electron chi connectivity index (χ3n) is 4.53. The zero-order valence-corrected chi connectivity index (χ0v) is 10.9. The molecule has 2 aliphatic rings. The molecule has 1 saturated heterocycles. The molecule has 0 amide bonds. The molecule has 1 saturated carbocycles. The molecule has 1 aliphatic heterocycles. The minimum Gasteiger partial charge on any atom is -0.391 e. The molecule has 2 heteroatoms. The molecule has 4 unspecified atom stereocenters. The Balaban J connectivity index is 1.87. The van der Waals surface area contributed by atoms with Crippen molar-refractivity contribution in [3.05, 3.63) is 0 Å². The molecule has 0 aromatic carbocycles. The number of hydrogen-bond donors (Lipinski definition) is 1. The molecule has 2 rings (SSSR count). The highest BCUT2D eigenvalue weighted by molar-refractivity contribution is 4.89. The van der Waals surface area contributed by atoms with E-state index in [4.69, 9.17) is 0 Å². The van der Waals surface area contributed by atoms with Gasteiger partial charge in [-0.25, -0.2) is 0 Å². The van der Waals surface area contributed by atoms with Crippen molar-refractivity contribution in [3.8, 4) is 0 Å². The molecule has 1 N–H and O–H groups in total. The van der Waals surface area contributed by atoms with Gasteiger partial charge in [-0.15, -0.1) is 0 Å². The van der Waals surface area contributed by atoms with E-state index >= 15 is 0 Å². The van der Waals surface area contributed by atoms with E-state index < -0.39 is 0 Å². The maximum atomic E-state index is 10.1. The first-order chi connectivity index (χ1) is 7.70. The third-order valence-corrected chi connectivity index (χ3v) is 4.53. The Kier molecular flexibility index (Phi) is 4.26. The van der Waals surface area contributed by atoms with Crippen LogP contribution >= 0.6 is 0 Å². The molecule has 1 aliphatic carbocycles. The van der Waals surface area contributed by atoms with Gasteiger partial charge in [-0.05, 0) is 50.5 Å². The summed E-state index contributed by atoms with van der Waals surface area (Å²) in [5, 5.41) is 10.1. The highest BCUT2D eigenvalue weighted by Gasteiger charge is 2.35. The Bertz CT molecular complexity index is 219. The summed E-state index contributed by atoms with van der Waals surface area (Å²) in [6.45, 7) is 7.07. The Hall–Kier alpha value is -0.0800. The molecular weight excluding hydrogens is 198 g/mol. The number of aliphatic hydroxyl groups excluding tert-OH is 1. The average molecular weight is 225 g/mol. The fourth-order valence-electron chi connectivity index (χ4n) is 3.53. The quantitative estimate of drug-likeness (QED) is 0.798. The summed E-state index contributed by atoms with van der Waals surface area (Å²) in [6.07, 6.45) is 7.41. The van der Waals surface area contributed by atoms with E-state index in [0.717, 1.165) is 18.3 Å². The van der Waals surface area contributed by atoms with Crippen molar-refractivity contribution >= 4 is 0 Å². The molecular formula is C14H27NO. The van der Waals surface area contributed by atoms with Crippen LogP contribution < -0.4 is 0 Å². The van der Waals surface area contributed by atoms with Crippen LogP contribution in [0.5, 0.6) is 0 Å². The van der Waals surface area contributed by atoms with Crippen molar-refractivity contribution < 1.29 is 5.11 Å². The van der Waals surface area contributed by atoms with Crippen molar-refractivity contribution in [2.45, 2.75) is 64.5 Å². The minimum absolute atomic E-state index is 0.0587. The molecule has 1 heterocycles. The van der Waals surface area contributed by atoms with E-state index in [0.29, 0.717) is 6.04 Å². The first-order valence-corrected chi connectivity index (χ1v) is 7.12. The first-order valence-electron chi connectivity index (χ1n) is 7.12. The topological polar surface area (TPSA) is 23.5 Å². The lowest BCUT2D eigenvalue weighted by Gasteiger charge is -2.38. The summed E-state index contributed by atoms with van der Waals surface area (Å²) in [5.41, 5.74) is 0. The Morgan fingerprint density at radius 1 is 1.25 bits per heavy atom. The van der Waals surface area contributed by atoms with Crippen molar-refractivity contribution in [1.29, 1.82) is 0 Å². The predicted octanol–water partition coefficient (Wildman–Crippen LogP) is 2.66. The average Bonchev–Trinajstić information content (AvgIpc) is 2.71. The summed E-state index contributed by atoms with van der Waals surface area (Å²) in [5.74, 6) is 1.70. The Morgan fingerprint density at radius 2 is 2.06 bits per heavy atom. The van der Waals surface area contributed by atoms with Gasteiger partial charge in [0.1, 0.15) is 0 Å². The highest BCUT2D eigenvalue weighted by atomic mass is 16.3. The molecule has 0 bridgehead atoms. The number of aliphatic hydroxyl groups is 1. The monoisotopic (exact) mass is 225 g/mol. The van der Waals surface area contributed by atoms with Gasteiger partial charge in [0.25, 0.3) is 0 Å². The van der Waals surface area contributed by atoms with Crippen LogP contribution in [0.15, 0.2) is 0 Å². The lowest BCUT2D eigenvalue weighted by molar-refractivity contribution is 0.0144. The van der Waals surface area contributed by atoms with Crippen LogP contribution in [0.2, 0.25) is 0 Å². The largest absolute Gasteiger partial charge is 0.391 e. The number of rotatable bonds is 3. The predicted molar refractivity (Wildman–Crippen MR) is 67.4 cm³/mol. The van der Waals surface area contributed by atoms with E-state index in [-0.39, 0.29) is 6.10 Å². The van der Waals surface area contributed by atoms with Crippen molar-refractivity contribution in [1.82, 2.24) is 4.90 Å². The van der Waals surface area contributed by atoms with Gasteiger partial charge in [-0.2, -0.15) is 0 Å². The number of likely N-dealkylation sites (tertiary alicyclic amines) is 1. The van der Waals surface area contributed by atoms with E-state index in [1.54, 1.807) is 0 Å². The van der Waals surface area contributed by atoms with Crippen LogP contribution in [0.4, 0.5) is 0 Å². The van der Waals surface area contributed by atoms with Gasteiger partial charge in [0, 0.05) is 12.6 Å². The van der Waals surface area contributed by atoms with Crippen LogP contribution in [-0.4, -0.2) is 35.2 Å². The van der Waals surface area contributed by atoms with Gasteiger partial charge in [-0.3, -0.25) is 4.90 Å². The first kappa shape index (κ1) is 12.4. The molecule has 0 aromatic heterocycles. The Labute approximate surface area is 100 Å². The lowest BCUT2D eigenvalue weighted by atomic mass is 9.84. The van der Waals surface area contributed by atoms with Gasteiger partial charge < -0.3 is 5.11 Å². The van der Waals surface area contributed by atoms with Crippen LogP contribution in [0, 0.1) is 11.8 Å². The maximum Gasteiger partial charge on any atom is 0.0695 e. The van der Waals surface area contributed by atoms with Gasteiger partial charge in [0.2, 0.25) is 0 Å². The fourth-order valence-corrected chi connectivity index (χ4v) is 3.53. The molecule has 4 atom stereocenters. The van der Waals surface area contributed by atoms with Gasteiger partial charge in [0.05, 0.1) is 6.10 Å². The molecule has 94 valence electrons. The zero-order valence-electron chi connectivity index (χ0n) is 10.9. The van der Waals surface area contributed by atoms with E-state index in [2.05, 4.69) is 18.7 Å². The van der Waals surface area contributed by atoms with Gasteiger partial charge >= 0.3 is 0 Å². The second-order valence-electron chi connectivity index (χ2n) is 5.99. The minimum atomic E-state index is -0.0587. The van der Waals surface area contributed by atoms with Crippen molar-refractivity contribution in [2.75, 3.05) is 13.1 Å². The molecule has 0 aromatic rings. The summed E-state index contributed by atoms with van der Waals surface area (Å²) in [4.78, 5) is 2.57.